The number of aromatic nitrogens is 4. The van der Waals surface area contributed by atoms with Crippen molar-refractivity contribution in [1.29, 1.82) is 5.26 Å². The second kappa shape index (κ2) is 7.98. The maximum absolute atomic E-state index is 9.25. The van der Waals surface area contributed by atoms with Gasteiger partial charge in [-0.2, -0.15) is 10.4 Å². The monoisotopic (exact) mass is 362 g/mol. The molecule has 0 saturated carbocycles. The van der Waals surface area contributed by atoms with Gasteiger partial charge in [0.15, 0.2) is 11.6 Å². The van der Waals surface area contributed by atoms with Gasteiger partial charge in [-0.05, 0) is 31.0 Å². The second-order valence-corrected chi connectivity index (χ2v) is 6.74. The number of nitriles is 1. The summed E-state index contributed by atoms with van der Waals surface area (Å²) >= 11 is 0. The van der Waals surface area contributed by atoms with Crippen molar-refractivity contribution in [3.8, 4) is 29.0 Å². The van der Waals surface area contributed by atoms with Gasteiger partial charge in [-0.1, -0.05) is 13.8 Å². The zero-order valence-electron chi connectivity index (χ0n) is 15.7. The molecule has 0 atom stereocenters. The molecule has 3 aromatic rings. The van der Waals surface area contributed by atoms with Gasteiger partial charge in [0.2, 0.25) is 0 Å². The number of aryl methyl sites for hydroxylation is 1. The summed E-state index contributed by atoms with van der Waals surface area (Å²) < 4.78 is 7.99. The smallest absolute Gasteiger partial charge is 0.168 e. The molecule has 0 aliphatic rings. The molecule has 7 heteroatoms. The van der Waals surface area contributed by atoms with Crippen molar-refractivity contribution in [2.75, 3.05) is 0 Å². The normalized spacial score (nSPS) is 10.8. The number of hydrogen-bond acceptors (Lipinski definition) is 6. The SMILES string of the molecule is Cc1nn(CC(C)C)cc1Oc1cc(C#N)ccc1-c1ncc(CN)cn1. The van der Waals surface area contributed by atoms with E-state index >= 15 is 0 Å². The Kier molecular flexibility index (Phi) is 5.48. The minimum absolute atomic E-state index is 0.380. The Balaban J connectivity index is 1.98. The van der Waals surface area contributed by atoms with Crippen LogP contribution in [0.1, 0.15) is 30.7 Å². The predicted molar refractivity (Wildman–Crippen MR) is 102 cm³/mol. The van der Waals surface area contributed by atoms with Crippen LogP contribution < -0.4 is 10.5 Å². The Bertz CT molecular complexity index is 969. The molecule has 0 radical (unpaired) electrons. The average molecular weight is 362 g/mol. The van der Waals surface area contributed by atoms with Crippen LogP contribution in [0.4, 0.5) is 0 Å². The molecule has 1 aromatic carbocycles. The third-order valence-electron chi connectivity index (χ3n) is 3.97. The van der Waals surface area contributed by atoms with Crippen LogP contribution in [0.15, 0.2) is 36.8 Å². The Morgan fingerprint density at radius 2 is 1.96 bits per heavy atom. The molecule has 2 N–H and O–H groups in total. The van der Waals surface area contributed by atoms with Gasteiger partial charge in [-0.25, -0.2) is 9.97 Å². The van der Waals surface area contributed by atoms with E-state index in [1.165, 1.54) is 0 Å². The van der Waals surface area contributed by atoms with E-state index in [4.69, 9.17) is 10.5 Å². The van der Waals surface area contributed by atoms with Crippen LogP contribution >= 0.6 is 0 Å². The van der Waals surface area contributed by atoms with E-state index in [-0.39, 0.29) is 0 Å². The van der Waals surface area contributed by atoms with E-state index in [1.54, 1.807) is 30.6 Å². The fourth-order valence-electron chi connectivity index (χ4n) is 2.65. The lowest BCUT2D eigenvalue weighted by Crippen LogP contribution is -2.04. The zero-order chi connectivity index (χ0) is 19.4. The summed E-state index contributed by atoms with van der Waals surface area (Å²) in [4.78, 5) is 8.74. The van der Waals surface area contributed by atoms with Gasteiger partial charge >= 0.3 is 0 Å². The molecule has 0 unspecified atom stereocenters. The third-order valence-corrected chi connectivity index (χ3v) is 3.97. The quantitative estimate of drug-likeness (QED) is 0.720. The van der Waals surface area contributed by atoms with Crippen LogP contribution in [0.5, 0.6) is 11.5 Å². The molecule has 2 heterocycles. The molecule has 0 aliphatic carbocycles. The standard InChI is InChI=1S/C20H22N6O/c1-13(2)11-26-12-19(14(3)25-26)27-18-6-15(7-21)4-5-17(18)20-23-9-16(8-22)10-24-20/h4-6,9-10,12-13H,8,11,22H2,1-3H3. The molecular formula is C20H22N6O. The molecule has 27 heavy (non-hydrogen) atoms. The summed E-state index contributed by atoms with van der Waals surface area (Å²) in [7, 11) is 0. The fraction of sp³-hybridized carbons (Fsp3) is 0.300. The molecule has 0 fully saturated rings. The summed E-state index contributed by atoms with van der Waals surface area (Å²) in [6.07, 6.45) is 5.25. The number of hydrogen-bond donors (Lipinski definition) is 1. The summed E-state index contributed by atoms with van der Waals surface area (Å²) in [5.74, 6) is 2.15. The van der Waals surface area contributed by atoms with Crippen molar-refractivity contribution in [3.63, 3.8) is 0 Å². The van der Waals surface area contributed by atoms with Gasteiger partial charge in [0.25, 0.3) is 0 Å². The van der Waals surface area contributed by atoms with Crippen molar-refractivity contribution in [2.45, 2.75) is 33.9 Å². The molecule has 138 valence electrons. The molecule has 7 nitrogen and oxygen atoms in total. The highest BCUT2D eigenvalue weighted by atomic mass is 16.5. The number of nitrogens with two attached hydrogens (primary N) is 1. The molecule has 0 bridgehead atoms. The van der Waals surface area contributed by atoms with Crippen LogP contribution in [0, 0.1) is 24.2 Å². The molecule has 0 aliphatic heterocycles. The van der Waals surface area contributed by atoms with Crippen molar-refractivity contribution in [3.05, 3.63) is 53.6 Å². The number of benzene rings is 1. The Morgan fingerprint density at radius 3 is 2.59 bits per heavy atom. The van der Waals surface area contributed by atoms with Crippen molar-refractivity contribution < 1.29 is 4.74 Å². The number of nitrogens with zero attached hydrogens (tertiary/aromatic N) is 5. The van der Waals surface area contributed by atoms with Crippen molar-refractivity contribution in [2.24, 2.45) is 11.7 Å². The minimum Gasteiger partial charge on any atom is -0.453 e. The van der Waals surface area contributed by atoms with E-state index in [0.29, 0.717) is 40.9 Å². The van der Waals surface area contributed by atoms with E-state index < -0.39 is 0 Å². The fourth-order valence-corrected chi connectivity index (χ4v) is 2.65. The average Bonchev–Trinajstić information content (AvgIpc) is 3.00. The van der Waals surface area contributed by atoms with Crippen molar-refractivity contribution >= 4 is 0 Å². The minimum atomic E-state index is 0.380. The van der Waals surface area contributed by atoms with Crippen LogP contribution in [0.3, 0.4) is 0 Å². The summed E-state index contributed by atoms with van der Waals surface area (Å²) in [6, 6.07) is 7.34. The Labute approximate surface area is 158 Å². The van der Waals surface area contributed by atoms with Gasteiger partial charge in [0.05, 0.1) is 23.4 Å². The topological polar surface area (TPSA) is 103 Å². The molecule has 0 spiro atoms. The van der Waals surface area contributed by atoms with Gasteiger partial charge in [-0.3, -0.25) is 4.68 Å². The molecule has 0 amide bonds. The number of rotatable bonds is 6. The maximum atomic E-state index is 9.25. The van der Waals surface area contributed by atoms with Crippen LogP contribution in [0.2, 0.25) is 0 Å². The summed E-state index contributed by atoms with van der Waals surface area (Å²) in [6.45, 7) is 7.35. The van der Waals surface area contributed by atoms with Gasteiger partial charge in [-0.15, -0.1) is 0 Å². The van der Waals surface area contributed by atoms with Crippen LogP contribution in [-0.2, 0) is 13.1 Å². The first-order chi connectivity index (χ1) is 13.0. The predicted octanol–water partition coefficient (Wildman–Crippen LogP) is 3.43. The largest absolute Gasteiger partial charge is 0.453 e. The van der Waals surface area contributed by atoms with Gasteiger partial charge < -0.3 is 10.5 Å². The lowest BCUT2D eigenvalue weighted by molar-refractivity contribution is 0.468. The molecule has 2 aromatic heterocycles. The first kappa shape index (κ1) is 18.5. The highest BCUT2D eigenvalue weighted by Crippen LogP contribution is 2.33. The van der Waals surface area contributed by atoms with Crippen LogP contribution in [0.25, 0.3) is 11.4 Å². The highest BCUT2D eigenvalue weighted by molar-refractivity contribution is 5.66. The lowest BCUT2D eigenvalue weighted by atomic mass is 10.1. The summed E-state index contributed by atoms with van der Waals surface area (Å²) in [5, 5.41) is 13.7. The molecule has 0 saturated heterocycles. The van der Waals surface area contributed by atoms with Crippen LogP contribution in [-0.4, -0.2) is 19.7 Å². The second-order valence-electron chi connectivity index (χ2n) is 6.74. The van der Waals surface area contributed by atoms with Crippen molar-refractivity contribution in [1.82, 2.24) is 19.7 Å². The summed E-state index contributed by atoms with van der Waals surface area (Å²) in [5.41, 5.74) is 8.44. The Hall–Kier alpha value is -3.24. The van der Waals surface area contributed by atoms with E-state index in [9.17, 15) is 5.26 Å². The third kappa shape index (κ3) is 4.30. The highest BCUT2D eigenvalue weighted by Gasteiger charge is 2.15. The maximum Gasteiger partial charge on any atom is 0.168 e. The molecular weight excluding hydrogens is 340 g/mol. The Morgan fingerprint density at radius 1 is 1.22 bits per heavy atom. The molecule has 3 rings (SSSR count). The van der Waals surface area contributed by atoms with Gasteiger partial charge in [0, 0.05) is 31.0 Å². The number of ether oxygens (including phenoxy) is 1. The lowest BCUT2D eigenvalue weighted by Gasteiger charge is -2.10. The van der Waals surface area contributed by atoms with E-state index in [0.717, 1.165) is 17.8 Å². The van der Waals surface area contributed by atoms with E-state index in [1.807, 2.05) is 17.8 Å². The van der Waals surface area contributed by atoms with Gasteiger partial charge in [0.1, 0.15) is 11.4 Å². The first-order valence-corrected chi connectivity index (χ1v) is 8.77. The first-order valence-electron chi connectivity index (χ1n) is 8.77. The van der Waals surface area contributed by atoms with E-state index in [2.05, 4.69) is 35.0 Å². The zero-order valence-corrected chi connectivity index (χ0v) is 15.7.